The summed E-state index contributed by atoms with van der Waals surface area (Å²) in [5, 5.41) is 11.9. The predicted molar refractivity (Wildman–Crippen MR) is 66.6 cm³/mol. The smallest absolute Gasteiger partial charge is 0.275 e. The van der Waals surface area contributed by atoms with E-state index in [4.69, 9.17) is 17.5 Å². The maximum absolute atomic E-state index is 11.9. The average Bonchev–Trinajstić information content (AvgIpc) is 2.83. The third-order valence-corrected chi connectivity index (χ3v) is 3.35. The highest BCUT2D eigenvalue weighted by atomic mass is 32.1. The standard InChI is InChI=1S/C11H14N4OS/c1-2-15-9(10(16)13-11(15)17)8-4-3-6-14(8)7-5-12/h2-4,6-7H2,1H3,(H,13,16,17)/b9-8+. The van der Waals surface area contributed by atoms with E-state index in [2.05, 4.69) is 11.4 Å². The van der Waals surface area contributed by atoms with Crippen LogP contribution in [0.25, 0.3) is 0 Å². The first-order chi connectivity index (χ1) is 8.19. The zero-order valence-electron chi connectivity index (χ0n) is 9.69. The molecule has 6 heteroatoms. The van der Waals surface area contributed by atoms with E-state index in [-0.39, 0.29) is 5.91 Å². The van der Waals surface area contributed by atoms with Gasteiger partial charge in [-0.1, -0.05) is 0 Å². The summed E-state index contributed by atoms with van der Waals surface area (Å²) in [5.74, 6) is -0.142. The summed E-state index contributed by atoms with van der Waals surface area (Å²) < 4.78 is 0. The van der Waals surface area contributed by atoms with Crippen LogP contribution >= 0.6 is 12.2 Å². The number of allylic oxidation sites excluding steroid dienone is 1. The molecule has 17 heavy (non-hydrogen) atoms. The number of rotatable bonds is 2. The molecular weight excluding hydrogens is 236 g/mol. The van der Waals surface area contributed by atoms with Crippen LogP contribution in [0.1, 0.15) is 19.8 Å². The molecule has 0 saturated carbocycles. The van der Waals surface area contributed by atoms with E-state index >= 15 is 0 Å². The molecule has 2 saturated heterocycles. The van der Waals surface area contributed by atoms with Crippen LogP contribution in [0.5, 0.6) is 0 Å². The van der Waals surface area contributed by atoms with Gasteiger partial charge in [-0.3, -0.25) is 10.1 Å². The fraction of sp³-hybridized carbons (Fsp3) is 0.545. The predicted octanol–water partition coefficient (Wildman–Crippen LogP) is 0.554. The van der Waals surface area contributed by atoms with Crippen molar-refractivity contribution in [2.24, 2.45) is 0 Å². The van der Waals surface area contributed by atoms with Gasteiger partial charge in [-0.2, -0.15) is 5.26 Å². The van der Waals surface area contributed by atoms with Gasteiger partial charge >= 0.3 is 0 Å². The molecular formula is C11H14N4OS. The van der Waals surface area contributed by atoms with Crippen LogP contribution in [0.2, 0.25) is 0 Å². The van der Waals surface area contributed by atoms with Crippen LogP contribution in [0.15, 0.2) is 11.4 Å². The number of hydrogen-bond acceptors (Lipinski definition) is 4. The van der Waals surface area contributed by atoms with Gasteiger partial charge in [0, 0.05) is 18.8 Å². The Hall–Kier alpha value is -1.61. The summed E-state index contributed by atoms with van der Waals surface area (Å²) in [4.78, 5) is 15.7. The Morgan fingerprint density at radius 1 is 1.59 bits per heavy atom. The fourth-order valence-corrected chi connectivity index (χ4v) is 2.61. The van der Waals surface area contributed by atoms with E-state index in [1.807, 2.05) is 16.7 Å². The normalized spacial score (nSPS) is 24.2. The summed E-state index contributed by atoms with van der Waals surface area (Å²) in [6.45, 7) is 3.79. The monoisotopic (exact) mass is 250 g/mol. The molecule has 0 aromatic rings. The van der Waals surface area contributed by atoms with Gasteiger partial charge in [0.2, 0.25) is 0 Å². The minimum atomic E-state index is -0.142. The van der Waals surface area contributed by atoms with Gasteiger partial charge in [-0.15, -0.1) is 0 Å². The quantitative estimate of drug-likeness (QED) is 0.441. The molecule has 2 fully saturated rings. The second kappa shape index (κ2) is 4.72. The average molecular weight is 250 g/mol. The van der Waals surface area contributed by atoms with Gasteiger partial charge in [0.25, 0.3) is 5.91 Å². The number of nitrogens with one attached hydrogen (secondary N) is 1. The molecule has 2 heterocycles. The second-order valence-electron chi connectivity index (χ2n) is 3.98. The molecule has 1 N–H and O–H groups in total. The lowest BCUT2D eigenvalue weighted by Gasteiger charge is -2.22. The minimum Gasteiger partial charge on any atom is -0.360 e. The number of nitriles is 1. The first kappa shape index (κ1) is 11.9. The van der Waals surface area contributed by atoms with E-state index in [1.54, 1.807) is 0 Å². The molecule has 2 aliphatic rings. The highest BCUT2D eigenvalue weighted by Crippen LogP contribution is 2.28. The van der Waals surface area contributed by atoms with Gasteiger partial charge in [0.1, 0.15) is 12.2 Å². The Labute approximate surface area is 106 Å². The van der Waals surface area contributed by atoms with E-state index in [0.29, 0.717) is 23.9 Å². The Morgan fingerprint density at radius 2 is 2.35 bits per heavy atom. The van der Waals surface area contributed by atoms with Crippen molar-refractivity contribution in [1.82, 2.24) is 15.1 Å². The largest absolute Gasteiger partial charge is 0.360 e. The number of hydrogen-bond donors (Lipinski definition) is 1. The topological polar surface area (TPSA) is 59.4 Å². The number of amides is 1. The molecule has 0 radical (unpaired) electrons. The molecule has 0 atom stereocenters. The van der Waals surface area contributed by atoms with Crippen molar-refractivity contribution in [3.8, 4) is 6.07 Å². The van der Waals surface area contributed by atoms with Crippen molar-refractivity contribution in [1.29, 1.82) is 5.26 Å². The zero-order chi connectivity index (χ0) is 12.4. The Bertz CT molecular complexity index is 437. The number of carbonyl (C=O) groups is 1. The van der Waals surface area contributed by atoms with Gasteiger partial charge in [0.15, 0.2) is 5.11 Å². The summed E-state index contributed by atoms with van der Waals surface area (Å²) in [5.41, 5.74) is 1.58. The van der Waals surface area contributed by atoms with Gasteiger partial charge in [-0.25, -0.2) is 0 Å². The summed E-state index contributed by atoms with van der Waals surface area (Å²) in [7, 11) is 0. The molecule has 0 unspecified atom stereocenters. The lowest BCUT2D eigenvalue weighted by molar-refractivity contribution is -0.116. The molecule has 2 rings (SSSR count). The number of likely N-dealkylation sites (N-methyl/N-ethyl adjacent to an activating group) is 1. The third-order valence-electron chi connectivity index (χ3n) is 3.03. The SMILES string of the molecule is CCN1C(=S)NC(=O)/C1=C1/CCCN1CC#N. The molecule has 2 aliphatic heterocycles. The summed E-state index contributed by atoms with van der Waals surface area (Å²) in [6, 6.07) is 2.13. The van der Waals surface area contributed by atoms with Crippen LogP contribution in [-0.2, 0) is 4.79 Å². The van der Waals surface area contributed by atoms with Crippen molar-refractivity contribution >= 4 is 23.2 Å². The highest BCUT2D eigenvalue weighted by Gasteiger charge is 2.34. The molecule has 1 amide bonds. The van der Waals surface area contributed by atoms with E-state index in [0.717, 1.165) is 25.1 Å². The van der Waals surface area contributed by atoms with Crippen LogP contribution < -0.4 is 5.32 Å². The first-order valence-corrected chi connectivity index (χ1v) is 6.07. The Balaban J connectivity index is 2.38. The number of carbonyl (C=O) groups excluding carboxylic acids is 1. The third kappa shape index (κ3) is 1.98. The van der Waals surface area contributed by atoms with Gasteiger partial charge in [0.05, 0.1) is 6.07 Å². The zero-order valence-corrected chi connectivity index (χ0v) is 10.5. The van der Waals surface area contributed by atoms with Crippen molar-refractivity contribution in [2.45, 2.75) is 19.8 Å². The van der Waals surface area contributed by atoms with Crippen LogP contribution in [0.3, 0.4) is 0 Å². The lowest BCUT2D eigenvalue weighted by Crippen LogP contribution is -2.28. The maximum atomic E-state index is 11.9. The van der Waals surface area contributed by atoms with Crippen molar-refractivity contribution < 1.29 is 4.79 Å². The minimum absolute atomic E-state index is 0.142. The second-order valence-corrected chi connectivity index (χ2v) is 4.37. The van der Waals surface area contributed by atoms with Crippen molar-refractivity contribution in [3.05, 3.63) is 11.4 Å². The fourth-order valence-electron chi connectivity index (χ4n) is 2.29. The molecule has 0 aromatic heterocycles. The van der Waals surface area contributed by atoms with Crippen LogP contribution in [0.4, 0.5) is 0 Å². The molecule has 90 valence electrons. The molecule has 0 aromatic carbocycles. The van der Waals surface area contributed by atoms with Gasteiger partial charge in [-0.05, 0) is 32.0 Å². The lowest BCUT2D eigenvalue weighted by atomic mass is 10.2. The van der Waals surface area contributed by atoms with Gasteiger partial charge < -0.3 is 9.80 Å². The van der Waals surface area contributed by atoms with Crippen molar-refractivity contribution in [3.63, 3.8) is 0 Å². The van der Waals surface area contributed by atoms with Crippen molar-refractivity contribution in [2.75, 3.05) is 19.6 Å². The number of nitrogens with zero attached hydrogens (tertiary/aromatic N) is 3. The summed E-state index contributed by atoms with van der Waals surface area (Å²) in [6.07, 6.45) is 1.82. The maximum Gasteiger partial charge on any atom is 0.275 e. The first-order valence-electron chi connectivity index (χ1n) is 5.67. The summed E-state index contributed by atoms with van der Waals surface area (Å²) >= 11 is 5.11. The van der Waals surface area contributed by atoms with E-state index in [9.17, 15) is 4.79 Å². The molecule has 0 bridgehead atoms. The molecule has 5 nitrogen and oxygen atoms in total. The number of thiocarbonyl (C=S) groups is 1. The van der Waals surface area contributed by atoms with E-state index < -0.39 is 0 Å². The van der Waals surface area contributed by atoms with Crippen LogP contribution in [-0.4, -0.2) is 40.5 Å². The number of likely N-dealkylation sites (tertiary alicyclic amines) is 1. The van der Waals surface area contributed by atoms with Crippen LogP contribution in [0, 0.1) is 11.3 Å². The van der Waals surface area contributed by atoms with E-state index in [1.165, 1.54) is 0 Å². The highest BCUT2D eigenvalue weighted by molar-refractivity contribution is 7.80. The molecule has 0 spiro atoms. The molecule has 0 aliphatic carbocycles. The Morgan fingerprint density at radius 3 is 3.00 bits per heavy atom. The Kier molecular flexibility index (Phi) is 3.29.